The molecular weight excluding hydrogens is 315 g/mol. The van der Waals surface area contributed by atoms with E-state index in [2.05, 4.69) is 6.92 Å². The fraction of sp³-hybridized carbons (Fsp3) is 0.889. The van der Waals surface area contributed by atoms with Gasteiger partial charge in [-0.15, -0.1) is 0 Å². The Bertz CT molecular complexity index is 356. The van der Waals surface area contributed by atoms with Crippen molar-refractivity contribution >= 4 is 0 Å². The Labute approximate surface area is 145 Å². The van der Waals surface area contributed by atoms with Gasteiger partial charge in [0.25, 0.3) is 0 Å². The Morgan fingerprint density at radius 1 is 1.12 bits per heavy atom. The number of methoxy groups -OCH3 is 4. The van der Waals surface area contributed by atoms with Crippen LogP contribution in [0.3, 0.4) is 0 Å². The van der Waals surface area contributed by atoms with Crippen LogP contribution >= 0.6 is 0 Å². The highest BCUT2D eigenvalue weighted by atomic mass is 19.1. The van der Waals surface area contributed by atoms with Crippen LogP contribution in [0.5, 0.6) is 0 Å². The van der Waals surface area contributed by atoms with E-state index in [0.29, 0.717) is 25.4 Å². The molecule has 1 fully saturated rings. The Morgan fingerprint density at radius 3 is 2.08 bits per heavy atom. The molecule has 0 bridgehead atoms. The summed E-state index contributed by atoms with van der Waals surface area (Å²) in [5, 5.41) is 0. The average molecular weight is 348 g/mol. The highest BCUT2D eigenvalue weighted by Gasteiger charge is 2.42. The van der Waals surface area contributed by atoms with Crippen LogP contribution in [-0.2, 0) is 23.7 Å². The van der Waals surface area contributed by atoms with Crippen LogP contribution in [0, 0.1) is 17.8 Å². The molecule has 0 N–H and O–H groups in total. The fourth-order valence-electron chi connectivity index (χ4n) is 3.42. The summed E-state index contributed by atoms with van der Waals surface area (Å²) in [5.74, 6) is 0.225. The van der Waals surface area contributed by atoms with Gasteiger partial charge in [-0.25, -0.2) is 4.39 Å². The summed E-state index contributed by atoms with van der Waals surface area (Å²) in [7, 11) is 6.35. The molecule has 1 heterocycles. The minimum Gasteiger partial charge on any atom is -0.377 e. The summed E-state index contributed by atoms with van der Waals surface area (Å²) in [4.78, 5) is 0. The van der Waals surface area contributed by atoms with E-state index in [9.17, 15) is 4.39 Å². The predicted octanol–water partition coefficient (Wildman–Crippen LogP) is 3.54. The summed E-state index contributed by atoms with van der Waals surface area (Å²) < 4.78 is 41.6. The maximum Gasteiger partial charge on any atom is 0.166 e. The van der Waals surface area contributed by atoms with Crippen LogP contribution in [0.2, 0.25) is 0 Å². The third-order valence-corrected chi connectivity index (χ3v) is 4.80. The molecule has 0 aliphatic carbocycles. The molecule has 0 aromatic carbocycles. The van der Waals surface area contributed by atoms with Gasteiger partial charge in [0.2, 0.25) is 0 Å². The molecule has 1 rings (SSSR count). The largest absolute Gasteiger partial charge is 0.377 e. The van der Waals surface area contributed by atoms with Crippen molar-refractivity contribution in [2.75, 3.05) is 35.0 Å². The van der Waals surface area contributed by atoms with Gasteiger partial charge in [0.05, 0.1) is 24.5 Å². The fourth-order valence-corrected chi connectivity index (χ4v) is 3.42. The van der Waals surface area contributed by atoms with Crippen LogP contribution in [0.15, 0.2) is 11.9 Å². The van der Waals surface area contributed by atoms with Crippen LogP contribution in [0.1, 0.15) is 33.1 Å². The van der Waals surface area contributed by atoms with Crippen molar-refractivity contribution in [1.29, 1.82) is 0 Å². The number of rotatable bonds is 10. The van der Waals surface area contributed by atoms with Crippen LogP contribution in [-0.4, -0.2) is 53.7 Å². The van der Waals surface area contributed by atoms with E-state index in [0.717, 1.165) is 6.42 Å². The van der Waals surface area contributed by atoms with Gasteiger partial charge in [0, 0.05) is 34.9 Å². The smallest absolute Gasteiger partial charge is 0.166 e. The zero-order chi connectivity index (χ0) is 18.1. The number of hydrogen-bond donors (Lipinski definition) is 0. The second-order valence-electron chi connectivity index (χ2n) is 6.37. The Morgan fingerprint density at radius 2 is 1.67 bits per heavy atom. The molecule has 3 unspecified atom stereocenters. The highest BCUT2D eigenvalue weighted by Crippen LogP contribution is 2.36. The first-order valence-electron chi connectivity index (χ1n) is 8.59. The lowest BCUT2D eigenvalue weighted by molar-refractivity contribution is -0.258. The van der Waals surface area contributed by atoms with E-state index >= 15 is 0 Å². The van der Waals surface area contributed by atoms with Gasteiger partial charge in [0.15, 0.2) is 12.6 Å². The second kappa shape index (κ2) is 11.2. The summed E-state index contributed by atoms with van der Waals surface area (Å²) in [6, 6.07) is 0. The molecule has 5 nitrogen and oxygen atoms in total. The van der Waals surface area contributed by atoms with Gasteiger partial charge in [-0.05, 0) is 24.7 Å². The first-order chi connectivity index (χ1) is 11.5. The van der Waals surface area contributed by atoms with E-state index in [1.54, 1.807) is 34.5 Å². The predicted molar refractivity (Wildman–Crippen MR) is 90.2 cm³/mol. The van der Waals surface area contributed by atoms with Crippen LogP contribution in [0.4, 0.5) is 4.39 Å². The Kier molecular flexibility index (Phi) is 10.0. The zero-order valence-corrected chi connectivity index (χ0v) is 15.8. The summed E-state index contributed by atoms with van der Waals surface area (Å²) in [5.41, 5.74) is 0. The molecule has 1 aliphatic heterocycles. The lowest BCUT2D eigenvalue weighted by Gasteiger charge is -2.41. The second-order valence-corrected chi connectivity index (χ2v) is 6.37. The van der Waals surface area contributed by atoms with Crippen molar-refractivity contribution in [3.8, 4) is 0 Å². The maximum absolute atomic E-state index is 13.8. The topological polar surface area (TPSA) is 46.2 Å². The van der Waals surface area contributed by atoms with Crippen LogP contribution < -0.4 is 0 Å². The lowest BCUT2D eigenvalue weighted by Crippen LogP contribution is -2.48. The number of allylic oxidation sites excluding steroid dienone is 2. The number of hydrogen-bond acceptors (Lipinski definition) is 5. The molecule has 142 valence electrons. The van der Waals surface area contributed by atoms with Gasteiger partial charge in [-0.3, -0.25) is 0 Å². The molecule has 24 heavy (non-hydrogen) atoms. The molecule has 0 amide bonds. The third kappa shape index (κ3) is 5.77. The minimum atomic E-state index is -0.500. The van der Waals surface area contributed by atoms with Gasteiger partial charge >= 0.3 is 0 Å². The molecule has 0 aromatic rings. The molecule has 3 atom stereocenters. The zero-order valence-electron chi connectivity index (χ0n) is 15.8. The quantitative estimate of drug-likeness (QED) is 0.565. The minimum absolute atomic E-state index is 0.0498. The van der Waals surface area contributed by atoms with E-state index < -0.39 is 12.6 Å². The summed E-state index contributed by atoms with van der Waals surface area (Å²) in [6.45, 7) is 4.58. The normalized spacial score (nSPS) is 25.9. The average Bonchev–Trinajstić information content (AvgIpc) is 2.57. The summed E-state index contributed by atoms with van der Waals surface area (Å²) in [6.07, 6.45) is 2.43. The van der Waals surface area contributed by atoms with E-state index in [1.807, 2.05) is 6.92 Å². The molecule has 6 heteroatoms. The van der Waals surface area contributed by atoms with E-state index in [4.69, 9.17) is 23.7 Å². The van der Waals surface area contributed by atoms with Gasteiger partial charge < -0.3 is 23.7 Å². The maximum atomic E-state index is 13.8. The molecule has 1 saturated heterocycles. The molecule has 0 radical (unpaired) electrons. The lowest BCUT2D eigenvalue weighted by atomic mass is 9.81. The number of ether oxygens (including phenoxy) is 5. The first-order valence-corrected chi connectivity index (χ1v) is 8.59. The van der Waals surface area contributed by atoms with Gasteiger partial charge in [-0.2, -0.15) is 0 Å². The van der Waals surface area contributed by atoms with Crippen molar-refractivity contribution in [3.63, 3.8) is 0 Å². The Hall–Kier alpha value is -0.530. The van der Waals surface area contributed by atoms with Crippen molar-refractivity contribution in [2.24, 2.45) is 17.8 Å². The van der Waals surface area contributed by atoms with Gasteiger partial charge in [-0.1, -0.05) is 19.9 Å². The van der Waals surface area contributed by atoms with Crippen molar-refractivity contribution < 1.29 is 28.1 Å². The molecule has 1 aliphatic rings. The number of halogens is 1. The van der Waals surface area contributed by atoms with Crippen LogP contribution in [0.25, 0.3) is 0 Å². The molecule has 0 saturated carbocycles. The van der Waals surface area contributed by atoms with Gasteiger partial charge in [0.1, 0.15) is 0 Å². The molecular formula is C18H33FO5. The Balaban J connectivity index is 2.79. The van der Waals surface area contributed by atoms with Crippen molar-refractivity contribution in [1.82, 2.24) is 0 Å². The van der Waals surface area contributed by atoms with E-state index in [1.165, 1.54) is 0 Å². The molecule has 0 spiro atoms. The third-order valence-electron chi connectivity index (χ3n) is 4.80. The summed E-state index contributed by atoms with van der Waals surface area (Å²) >= 11 is 0. The van der Waals surface area contributed by atoms with Crippen molar-refractivity contribution in [3.05, 3.63) is 11.9 Å². The first kappa shape index (κ1) is 21.5. The standard InChI is InChI=1S/C18H33FO5/c1-7-8-14(19)10-13-11-24-15(9-12(13)2)16(17(20-3)21-4)18(22-5)23-6/h8,12-13,15-18H,7,9-11H2,1-6H3. The van der Waals surface area contributed by atoms with E-state index in [-0.39, 0.29) is 23.8 Å². The molecule has 0 aromatic heterocycles. The SMILES string of the molecule is CCC=C(F)CC1COC(C(C(OC)OC)C(OC)OC)CC1C. The van der Waals surface area contributed by atoms with Crippen molar-refractivity contribution in [2.45, 2.75) is 51.8 Å². The monoisotopic (exact) mass is 348 g/mol. The highest BCUT2D eigenvalue weighted by molar-refractivity contribution is 4.95.